The molecule has 17 heavy (non-hydrogen) atoms. The van der Waals surface area contributed by atoms with Crippen LogP contribution < -0.4 is 11.1 Å². The molecule has 0 atom stereocenters. The second-order valence-corrected chi connectivity index (χ2v) is 7.29. The highest BCUT2D eigenvalue weighted by Gasteiger charge is 2.24. The third-order valence-electron chi connectivity index (χ3n) is 2.28. The molecular weight excluding hydrogens is 254 g/mol. The van der Waals surface area contributed by atoms with Gasteiger partial charge in [0.2, 0.25) is 0 Å². The van der Waals surface area contributed by atoms with Gasteiger partial charge in [0.25, 0.3) is 0 Å². The van der Waals surface area contributed by atoms with Gasteiger partial charge in [-0.3, -0.25) is 0 Å². The summed E-state index contributed by atoms with van der Waals surface area (Å²) in [7, 11) is 0. The maximum Gasteiger partial charge on any atom is 0.180 e. The zero-order chi connectivity index (χ0) is 12.4. The van der Waals surface area contributed by atoms with E-state index in [4.69, 9.17) is 5.73 Å². The summed E-state index contributed by atoms with van der Waals surface area (Å²) in [6, 6.07) is 0. The van der Waals surface area contributed by atoms with Crippen molar-refractivity contribution in [1.82, 2.24) is 10.3 Å². The Morgan fingerprint density at radius 3 is 2.29 bits per heavy atom. The van der Waals surface area contributed by atoms with Gasteiger partial charge in [-0.25, -0.2) is 4.98 Å². The summed E-state index contributed by atoms with van der Waals surface area (Å²) >= 11 is 1.55. The maximum absolute atomic E-state index is 5.60. The Morgan fingerprint density at radius 2 is 1.88 bits per heavy atom. The Hall–Kier alpha value is -0.320. The minimum Gasteiger partial charge on any atom is -0.375 e. The molecule has 0 aliphatic rings. The summed E-state index contributed by atoms with van der Waals surface area (Å²) in [4.78, 5) is 5.24. The Morgan fingerprint density at radius 1 is 1.29 bits per heavy atom. The van der Waals surface area contributed by atoms with Crippen molar-refractivity contribution in [2.45, 2.75) is 53.1 Å². The molecule has 0 unspecified atom stereocenters. The van der Waals surface area contributed by atoms with Crippen LogP contribution >= 0.6 is 23.7 Å². The van der Waals surface area contributed by atoms with E-state index >= 15 is 0 Å². The molecule has 1 aromatic heterocycles. The van der Waals surface area contributed by atoms with Crippen LogP contribution in [0.2, 0.25) is 0 Å². The van der Waals surface area contributed by atoms with Gasteiger partial charge in [0.15, 0.2) is 5.13 Å². The van der Waals surface area contributed by atoms with Crippen molar-refractivity contribution in [1.29, 1.82) is 0 Å². The van der Waals surface area contributed by atoms with E-state index < -0.39 is 0 Å². The van der Waals surface area contributed by atoms with Crippen LogP contribution in [0.1, 0.15) is 45.9 Å². The fraction of sp³-hybridized carbons (Fsp3) is 0.750. The molecule has 0 aliphatic carbocycles. The molecule has 0 fully saturated rings. The van der Waals surface area contributed by atoms with Gasteiger partial charge in [-0.2, -0.15) is 0 Å². The lowest BCUT2D eigenvalue weighted by Crippen LogP contribution is -2.41. The van der Waals surface area contributed by atoms with Crippen LogP contribution in [0.4, 0.5) is 5.13 Å². The van der Waals surface area contributed by atoms with Gasteiger partial charge in [0.1, 0.15) is 0 Å². The summed E-state index contributed by atoms with van der Waals surface area (Å²) in [5.41, 5.74) is 6.07. The molecule has 3 N–H and O–H groups in total. The van der Waals surface area contributed by atoms with Crippen molar-refractivity contribution in [3.63, 3.8) is 0 Å². The summed E-state index contributed by atoms with van der Waals surface area (Å²) in [6.45, 7) is 12.1. The van der Waals surface area contributed by atoms with Crippen LogP contribution in [-0.2, 0) is 6.54 Å². The number of nitrogens with zero attached hydrogens (tertiary/aromatic N) is 1. The quantitative estimate of drug-likeness (QED) is 0.886. The topological polar surface area (TPSA) is 50.9 Å². The minimum absolute atomic E-state index is 0. The lowest BCUT2D eigenvalue weighted by molar-refractivity contribution is 0.241. The molecule has 0 aliphatic heterocycles. The van der Waals surface area contributed by atoms with Gasteiger partial charge in [0.05, 0.1) is 0 Å². The number of hydrogen-bond donors (Lipinski definition) is 2. The van der Waals surface area contributed by atoms with E-state index in [2.05, 4.69) is 44.9 Å². The van der Waals surface area contributed by atoms with Gasteiger partial charge in [-0.15, -0.1) is 23.7 Å². The zero-order valence-electron chi connectivity index (χ0n) is 11.3. The SMILES string of the molecule is CC(C)(C)CC(C)(C)NCc1cnc(N)s1.Cl. The third-order valence-corrected chi connectivity index (χ3v) is 3.11. The first-order chi connectivity index (χ1) is 7.18. The van der Waals surface area contributed by atoms with Crippen LogP contribution in [0.25, 0.3) is 0 Å². The van der Waals surface area contributed by atoms with Crippen molar-refractivity contribution in [3.8, 4) is 0 Å². The van der Waals surface area contributed by atoms with Crippen LogP contribution in [0.15, 0.2) is 6.20 Å². The average molecular weight is 278 g/mol. The molecule has 3 nitrogen and oxygen atoms in total. The molecule has 5 heteroatoms. The van der Waals surface area contributed by atoms with Crippen LogP contribution in [-0.4, -0.2) is 10.5 Å². The molecule has 0 bridgehead atoms. The van der Waals surface area contributed by atoms with Gasteiger partial charge >= 0.3 is 0 Å². The molecule has 1 heterocycles. The molecule has 0 saturated heterocycles. The van der Waals surface area contributed by atoms with Crippen molar-refractivity contribution >= 4 is 28.9 Å². The molecule has 0 radical (unpaired) electrons. The number of aromatic nitrogens is 1. The van der Waals surface area contributed by atoms with E-state index in [9.17, 15) is 0 Å². The van der Waals surface area contributed by atoms with Gasteiger partial charge in [-0.1, -0.05) is 20.8 Å². The molecule has 0 saturated carbocycles. The maximum atomic E-state index is 5.60. The summed E-state index contributed by atoms with van der Waals surface area (Å²) in [5.74, 6) is 0. The number of nitrogens with one attached hydrogen (secondary N) is 1. The third kappa shape index (κ3) is 6.86. The predicted molar refractivity (Wildman–Crippen MR) is 78.8 cm³/mol. The van der Waals surface area contributed by atoms with E-state index in [1.807, 2.05) is 6.20 Å². The number of hydrogen-bond acceptors (Lipinski definition) is 4. The first-order valence-corrected chi connectivity index (χ1v) is 6.45. The number of anilines is 1. The highest BCUT2D eigenvalue weighted by atomic mass is 35.5. The lowest BCUT2D eigenvalue weighted by Gasteiger charge is -2.33. The van der Waals surface area contributed by atoms with E-state index in [1.165, 1.54) is 4.88 Å². The molecule has 0 amide bonds. The molecule has 100 valence electrons. The van der Waals surface area contributed by atoms with Crippen molar-refractivity contribution in [2.24, 2.45) is 5.41 Å². The standard InChI is InChI=1S/C12H23N3S.ClH/c1-11(2,3)8-12(4,5)15-7-9-6-14-10(13)16-9;/h6,15H,7-8H2,1-5H3,(H2,13,14);1H. The summed E-state index contributed by atoms with van der Waals surface area (Å²) in [5, 5.41) is 4.20. The fourth-order valence-corrected chi connectivity index (χ4v) is 2.74. The van der Waals surface area contributed by atoms with Crippen LogP contribution in [0.5, 0.6) is 0 Å². The van der Waals surface area contributed by atoms with E-state index in [0.29, 0.717) is 10.5 Å². The second kappa shape index (κ2) is 6.03. The Bertz CT molecular complexity index is 342. The second-order valence-electron chi connectivity index (χ2n) is 6.14. The Labute approximate surface area is 115 Å². The van der Waals surface area contributed by atoms with Gasteiger partial charge < -0.3 is 11.1 Å². The number of halogens is 1. The number of rotatable bonds is 4. The normalized spacial score (nSPS) is 12.3. The van der Waals surface area contributed by atoms with Gasteiger partial charge in [0, 0.05) is 23.2 Å². The van der Waals surface area contributed by atoms with Crippen molar-refractivity contribution in [3.05, 3.63) is 11.1 Å². The zero-order valence-corrected chi connectivity index (χ0v) is 13.0. The molecule has 1 aromatic rings. The minimum atomic E-state index is 0. The Kier molecular flexibility index (Phi) is 5.91. The van der Waals surface area contributed by atoms with E-state index in [-0.39, 0.29) is 17.9 Å². The van der Waals surface area contributed by atoms with E-state index in [0.717, 1.165) is 13.0 Å². The molecular formula is C12H24ClN3S. The van der Waals surface area contributed by atoms with Crippen molar-refractivity contribution in [2.75, 3.05) is 5.73 Å². The number of nitrogen functional groups attached to an aromatic ring is 1. The highest BCUT2D eigenvalue weighted by molar-refractivity contribution is 7.15. The summed E-state index contributed by atoms with van der Waals surface area (Å²) < 4.78 is 0. The largest absolute Gasteiger partial charge is 0.375 e. The number of nitrogens with two attached hydrogens (primary N) is 1. The van der Waals surface area contributed by atoms with Crippen LogP contribution in [0, 0.1) is 5.41 Å². The first kappa shape index (κ1) is 16.7. The van der Waals surface area contributed by atoms with Crippen molar-refractivity contribution < 1.29 is 0 Å². The lowest BCUT2D eigenvalue weighted by atomic mass is 9.82. The first-order valence-electron chi connectivity index (χ1n) is 5.63. The molecule has 1 rings (SSSR count). The average Bonchev–Trinajstić information content (AvgIpc) is 2.44. The van der Waals surface area contributed by atoms with Crippen LogP contribution in [0.3, 0.4) is 0 Å². The molecule has 0 aromatic carbocycles. The van der Waals surface area contributed by atoms with E-state index in [1.54, 1.807) is 11.3 Å². The molecule has 0 spiro atoms. The number of thiazole rings is 1. The predicted octanol–water partition coefficient (Wildman–Crippen LogP) is 3.45. The Balaban J connectivity index is 0.00000256. The highest BCUT2D eigenvalue weighted by Crippen LogP contribution is 2.27. The smallest absolute Gasteiger partial charge is 0.180 e. The fourth-order valence-electron chi connectivity index (χ4n) is 2.12. The summed E-state index contributed by atoms with van der Waals surface area (Å²) in [6.07, 6.45) is 2.98. The monoisotopic (exact) mass is 277 g/mol. The van der Waals surface area contributed by atoms with Gasteiger partial charge in [-0.05, 0) is 25.7 Å².